The van der Waals surface area contributed by atoms with Crippen molar-refractivity contribution in [1.29, 1.82) is 0 Å². The van der Waals surface area contributed by atoms with Crippen LogP contribution in [0.1, 0.15) is 29.3 Å². The van der Waals surface area contributed by atoms with Crippen molar-refractivity contribution >= 4 is 11.9 Å². The van der Waals surface area contributed by atoms with Crippen LogP contribution in [0.3, 0.4) is 0 Å². The lowest BCUT2D eigenvalue weighted by atomic mass is 10.1. The summed E-state index contributed by atoms with van der Waals surface area (Å²) in [5.41, 5.74) is 1.34. The number of hydrogen-bond acceptors (Lipinski definition) is 6. The molecular formula is C20H22O6. The molecule has 6 nitrogen and oxygen atoms in total. The van der Waals surface area contributed by atoms with Crippen LogP contribution in [0.15, 0.2) is 42.5 Å². The van der Waals surface area contributed by atoms with Crippen LogP contribution in [0.4, 0.5) is 0 Å². The molecule has 2 aromatic rings. The average molecular weight is 358 g/mol. The van der Waals surface area contributed by atoms with Crippen molar-refractivity contribution < 1.29 is 28.5 Å². The highest BCUT2D eigenvalue weighted by atomic mass is 16.5. The third kappa shape index (κ3) is 5.24. The monoisotopic (exact) mass is 358 g/mol. The van der Waals surface area contributed by atoms with E-state index in [0.717, 1.165) is 5.56 Å². The van der Waals surface area contributed by atoms with E-state index in [4.69, 9.17) is 14.2 Å². The molecule has 26 heavy (non-hydrogen) atoms. The van der Waals surface area contributed by atoms with Gasteiger partial charge in [0.1, 0.15) is 5.75 Å². The highest BCUT2D eigenvalue weighted by molar-refractivity contribution is 5.89. The molecule has 0 amide bonds. The number of carbonyl (C=O) groups excluding carboxylic acids is 2. The Morgan fingerprint density at radius 1 is 0.962 bits per heavy atom. The third-order valence-corrected chi connectivity index (χ3v) is 3.65. The molecule has 0 saturated heterocycles. The molecule has 2 aromatic carbocycles. The molecule has 138 valence electrons. The second kappa shape index (κ2) is 9.46. The van der Waals surface area contributed by atoms with Crippen LogP contribution >= 0.6 is 0 Å². The molecule has 0 bridgehead atoms. The van der Waals surface area contributed by atoms with E-state index in [2.05, 4.69) is 4.74 Å². The summed E-state index contributed by atoms with van der Waals surface area (Å²) in [6, 6.07) is 11.8. The van der Waals surface area contributed by atoms with E-state index >= 15 is 0 Å². The van der Waals surface area contributed by atoms with Gasteiger partial charge in [-0.3, -0.25) is 4.79 Å². The lowest BCUT2D eigenvalue weighted by Gasteiger charge is -2.11. The first-order valence-electron chi connectivity index (χ1n) is 8.26. The minimum absolute atomic E-state index is 0.218. The third-order valence-electron chi connectivity index (χ3n) is 3.65. The Labute approximate surface area is 152 Å². The smallest absolute Gasteiger partial charge is 0.337 e. The number of benzene rings is 2. The molecule has 0 heterocycles. The molecular weight excluding hydrogens is 336 g/mol. The largest absolute Gasteiger partial charge is 0.493 e. The first-order valence-corrected chi connectivity index (χ1v) is 8.26. The Kier molecular flexibility index (Phi) is 7.02. The molecule has 6 heteroatoms. The van der Waals surface area contributed by atoms with Gasteiger partial charge < -0.3 is 18.9 Å². The van der Waals surface area contributed by atoms with Gasteiger partial charge in [-0.15, -0.1) is 0 Å². The maximum Gasteiger partial charge on any atom is 0.337 e. The van der Waals surface area contributed by atoms with Gasteiger partial charge >= 0.3 is 11.9 Å². The van der Waals surface area contributed by atoms with Crippen LogP contribution in [-0.2, 0) is 16.0 Å². The van der Waals surface area contributed by atoms with Gasteiger partial charge in [0.25, 0.3) is 0 Å². The molecule has 0 atom stereocenters. The number of methoxy groups -OCH3 is 2. The molecule has 2 rings (SSSR count). The topological polar surface area (TPSA) is 71.1 Å². The molecule has 0 aliphatic rings. The van der Waals surface area contributed by atoms with Gasteiger partial charge in [0.2, 0.25) is 0 Å². The lowest BCUT2D eigenvalue weighted by molar-refractivity contribution is -0.134. The number of hydrogen-bond donors (Lipinski definition) is 0. The Morgan fingerprint density at radius 2 is 1.69 bits per heavy atom. The van der Waals surface area contributed by atoms with E-state index in [1.165, 1.54) is 7.11 Å². The summed E-state index contributed by atoms with van der Waals surface area (Å²) in [6.07, 6.45) is 0.734. The van der Waals surface area contributed by atoms with E-state index in [1.54, 1.807) is 31.4 Å². The molecule has 0 fully saturated rings. The fourth-order valence-corrected chi connectivity index (χ4v) is 2.35. The molecule has 0 N–H and O–H groups in total. The number of esters is 2. The second-order valence-corrected chi connectivity index (χ2v) is 5.41. The van der Waals surface area contributed by atoms with Gasteiger partial charge in [0.15, 0.2) is 11.5 Å². The molecule has 0 unspecified atom stereocenters. The highest BCUT2D eigenvalue weighted by Crippen LogP contribution is 2.28. The SMILES string of the molecule is CCOc1ccc(CCC(=O)Oc2ccc(C(=O)OC)cc2)cc1OC. The highest BCUT2D eigenvalue weighted by Gasteiger charge is 2.10. The molecule has 0 aliphatic carbocycles. The summed E-state index contributed by atoms with van der Waals surface area (Å²) in [4.78, 5) is 23.4. The summed E-state index contributed by atoms with van der Waals surface area (Å²) < 4.78 is 20.7. The Morgan fingerprint density at radius 3 is 2.31 bits per heavy atom. The summed E-state index contributed by atoms with van der Waals surface area (Å²) in [5, 5.41) is 0. The van der Waals surface area contributed by atoms with E-state index in [9.17, 15) is 9.59 Å². The van der Waals surface area contributed by atoms with E-state index in [1.807, 2.05) is 25.1 Å². The van der Waals surface area contributed by atoms with Crippen molar-refractivity contribution in [2.24, 2.45) is 0 Å². The van der Waals surface area contributed by atoms with Crippen molar-refractivity contribution in [2.45, 2.75) is 19.8 Å². The number of aryl methyl sites for hydroxylation is 1. The minimum Gasteiger partial charge on any atom is -0.493 e. The van der Waals surface area contributed by atoms with Gasteiger partial charge in [-0.1, -0.05) is 6.07 Å². The van der Waals surface area contributed by atoms with Crippen LogP contribution in [-0.4, -0.2) is 32.8 Å². The molecule has 0 aromatic heterocycles. The first-order chi connectivity index (χ1) is 12.6. The zero-order valence-electron chi connectivity index (χ0n) is 15.1. The number of rotatable bonds is 8. The summed E-state index contributed by atoms with van der Waals surface area (Å²) in [6.45, 7) is 2.46. The normalized spacial score (nSPS) is 10.1. The van der Waals surface area contributed by atoms with Crippen molar-refractivity contribution in [1.82, 2.24) is 0 Å². The summed E-state index contributed by atoms with van der Waals surface area (Å²) in [7, 11) is 2.89. The molecule has 0 saturated carbocycles. The van der Waals surface area contributed by atoms with Crippen LogP contribution in [0, 0.1) is 0 Å². The standard InChI is InChI=1S/C20H22O6/c1-4-25-17-11-5-14(13-18(17)23-2)6-12-19(21)26-16-9-7-15(8-10-16)20(22)24-3/h5,7-11,13H,4,6,12H2,1-3H3. The molecule has 0 radical (unpaired) electrons. The second-order valence-electron chi connectivity index (χ2n) is 5.41. The zero-order valence-corrected chi connectivity index (χ0v) is 15.1. The van der Waals surface area contributed by atoms with Crippen LogP contribution in [0.25, 0.3) is 0 Å². The van der Waals surface area contributed by atoms with Crippen molar-refractivity contribution in [2.75, 3.05) is 20.8 Å². The maximum atomic E-state index is 12.0. The van der Waals surface area contributed by atoms with Crippen LogP contribution < -0.4 is 14.2 Å². The van der Waals surface area contributed by atoms with Gasteiger partial charge in [0, 0.05) is 6.42 Å². The van der Waals surface area contributed by atoms with Crippen LogP contribution in [0.5, 0.6) is 17.2 Å². The van der Waals surface area contributed by atoms with Crippen molar-refractivity contribution in [3.63, 3.8) is 0 Å². The average Bonchev–Trinajstić information content (AvgIpc) is 2.67. The van der Waals surface area contributed by atoms with E-state index in [-0.39, 0.29) is 12.4 Å². The number of carbonyl (C=O) groups is 2. The van der Waals surface area contributed by atoms with E-state index in [0.29, 0.717) is 35.8 Å². The Balaban J connectivity index is 1.91. The quantitative estimate of drug-likeness (QED) is 0.532. The van der Waals surface area contributed by atoms with Crippen molar-refractivity contribution in [3.05, 3.63) is 53.6 Å². The summed E-state index contributed by atoms with van der Waals surface area (Å²) in [5.74, 6) is 0.894. The van der Waals surface area contributed by atoms with Crippen molar-refractivity contribution in [3.8, 4) is 17.2 Å². The predicted octanol–water partition coefficient (Wildman–Crippen LogP) is 3.42. The Bertz CT molecular complexity index is 751. The molecule has 0 spiro atoms. The molecule has 0 aliphatic heterocycles. The summed E-state index contributed by atoms with van der Waals surface area (Å²) >= 11 is 0. The van der Waals surface area contributed by atoms with Crippen LogP contribution in [0.2, 0.25) is 0 Å². The van der Waals surface area contributed by atoms with Gasteiger partial charge in [-0.2, -0.15) is 0 Å². The number of ether oxygens (including phenoxy) is 4. The minimum atomic E-state index is -0.438. The van der Waals surface area contributed by atoms with Gasteiger partial charge in [-0.05, 0) is 55.3 Å². The lowest BCUT2D eigenvalue weighted by Crippen LogP contribution is -2.09. The van der Waals surface area contributed by atoms with Gasteiger partial charge in [0.05, 0.1) is 26.4 Å². The fourth-order valence-electron chi connectivity index (χ4n) is 2.35. The zero-order chi connectivity index (χ0) is 18.9. The maximum absolute atomic E-state index is 12.0. The Hall–Kier alpha value is -3.02. The first kappa shape index (κ1) is 19.3. The predicted molar refractivity (Wildman–Crippen MR) is 95.9 cm³/mol. The van der Waals surface area contributed by atoms with Gasteiger partial charge in [-0.25, -0.2) is 4.79 Å². The fraction of sp³-hybridized carbons (Fsp3) is 0.300. The van der Waals surface area contributed by atoms with E-state index < -0.39 is 5.97 Å².